The Kier molecular flexibility index (Phi) is 4.09. The fourth-order valence-corrected chi connectivity index (χ4v) is 3.43. The van der Waals surface area contributed by atoms with E-state index >= 15 is 0 Å². The highest BCUT2D eigenvalue weighted by molar-refractivity contribution is 7.91. The summed E-state index contributed by atoms with van der Waals surface area (Å²) in [6.45, 7) is 3.49. The van der Waals surface area contributed by atoms with Crippen LogP contribution in [0.3, 0.4) is 0 Å². The highest BCUT2D eigenvalue weighted by Crippen LogP contribution is 2.15. The number of aromatic nitrogens is 5. The molecule has 0 aliphatic carbocycles. The van der Waals surface area contributed by atoms with Gasteiger partial charge in [-0.15, -0.1) is 16.7 Å². The fraction of sp³-hybridized carbons (Fsp3) is 0.600. The van der Waals surface area contributed by atoms with Gasteiger partial charge in [-0.3, -0.25) is 0 Å². The summed E-state index contributed by atoms with van der Waals surface area (Å²) in [4.78, 5) is 16.1. The lowest BCUT2D eigenvalue weighted by atomic mass is 10.6. The molecule has 8 nitrogen and oxygen atoms in total. The van der Waals surface area contributed by atoms with Crippen LogP contribution >= 0.6 is 11.6 Å². The molecular weight excluding hydrogens is 306 g/mol. The molecule has 0 bridgehead atoms. The zero-order chi connectivity index (χ0) is 14.9. The summed E-state index contributed by atoms with van der Waals surface area (Å²) in [7, 11) is -3.57. The van der Waals surface area contributed by atoms with E-state index < -0.39 is 15.5 Å². The van der Waals surface area contributed by atoms with Gasteiger partial charge in [0.05, 0.1) is 12.3 Å². The van der Waals surface area contributed by atoms with Crippen molar-refractivity contribution >= 4 is 27.1 Å². The molecule has 0 radical (unpaired) electrons. The van der Waals surface area contributed by atoms with Crippen LogP contribution in [0.15, 0.2) is 9.82 Å². The molecule has 0 aromatic carbocycles. The molecule has 0 atom stereocenters. The van der Waals surface area contributed by atoms with Crippen LogP contribution in [0.5, 0.6) is 0 Å². The Morgan fingerprint density at radius 3 is 2.65 bits per heavy atom. The van der Waals surface area contributed by atoms with E-state index in [9.17, 15) is 13.2 Å². The van der Waals surface area contributed by atoms with Crippen molar-refractivity contribution in [2.24, 2.45) is 0 Å². The number of hydrogen-bond donors (Lipinski definition) is 0. The molecule has 2 heterocycles. The van der Waals surface area contributed by atoms with Crippen molar-refractivity contribution in [1.29, 1.82) is 0 Å². The number of sulfone groups is 1. The molecule has 2 rings (SSSR count). The Bertz CT molecular complexity index is 795. The van der Waals surface area contributed by atoms with E-state index in [-0.39, 0.29) is 34.7 Å². The van der Waals surface area contributed by atoms with E-state index in [1.165, 1.54) is 0 Å². The van der Waals surface area contributed by atoms with Crippen LogP contribution in [0.2, 0.25) is 0 Å². The Morgan fingerprint density at radius 1 is 1.35 bits per heavy atom. The van der Waals surface area contributed by atoms with Gasteiger partial charge in [-0.2, -0.15) is 4.68 Å². The first-order chi connectivity index (χ1) is 9.42. The molecule has 2 aromatic heterocycles. The van der Waals surface area contributed by atoms with Crippen LogP contribution in [0.25, 0.3) is 5.65 Å². The fourth-order valence-electron chi connectivity index (χ4n) is 1.86. The molecule has 0 amide bonds. The van der Waals surface area contributed by atoms with Gasteiger partial charge < -0.3 is 0 Å². The molecule has 2 aromatic rings. The maximum atomic E-state index is 12.2. The molecule has 0 N–H and O–H groups in total. The summed E-state index contributed by atoms with van der Waals surface area (Å²) in [5.41, 5.74) is -0.537. The van der Waals surface area contributed by atoms with Crippen LogP contribution in [-0.4, -0.2) is 44.4 Å². The monoisotopic (exact) mass is 319 g/mol. The van der Waals surface area contributed by atoms with Gasteiger partial charge in [0.25, 0.3) is 0 Å². The normalized spacial score (nSPS) is 12.2. The predicted molar refractivity (Wildman–Crippen MR) is 72.8 cm³/mol. The molecular formula is C10H14ClN5O3S. The van der Waals surface area contributed by atoms with E-state index in [1.807, 2.05) is 0 Å². The van der Waals surface area contributed by atoms with E-state index in [0.717, 1.165) is 9.08 Å². The number of halogens is 1. The first kappa shape index (κ1) is 14.9. The summed E-state index contributed by atoms with van der Waals surface area (Å²) in [6, 6.07) is 0. The van der Waals surface area contributed by atoms with Crippen molar-refractivity contribution < 1.29 is 8.42 Å². The third-order valence-corrected chi connectivity index (χ3v) is 4.69. The predicted octanol–water partition coefficient (Wildman–Crippen LogP) is 0.0169. The largest absolute Gasteiger partial charge is 0.353 e. The van der Waals surface area contributed by atoms with Crippen molar-refractivity contribution in [2.45, 2.75) is 31.8 Å². The quantitative estimate of drug-likeness (QED) is 0.720. The minimum absolute atomic E-state index is 0.0354. The summed E-state index contributed by atoms with van der Waals surface area (Å²) >= 11 is 5.57. The molecule has 0 saturated carbocycles. The standard InChI is InChI=1S/C10H14ClN5O3S/c1-3-6-20(18,19)9-8-13-14-15(5-4-11)10(17)16(8)7(2)12-9/h3-6H2,1-2H3. The third kappa shape index (κ3) is 2.42. The number of aryl methyl sites for hydroxylation is 2. The molecule has 0 fully saturated rings. The topological polar surface area (TPSA) is 99.2 Å². The highest BCUT2D eigenvalue weighted by atomic mass is 35.5. The lowest BCUT2D eigenvalue weighted by Gasteiger charge is -2.02. The minimum atomic E-state index is -3.57. The van der Waals surface area contributed by atoms with E-state index in [4.69, 9.17) is 11.6 Å². The lowest BCUT2D eigenvalue weighted by molar-refractivity contribution is 0.542. The number of nitrogens with zero attached hydrogens (tertiary/aromatic N) is 5. The van der Waals surface area contributed by atoms with Crippen molar-refractivity contribution in [3.05, 3.63) is 16.3 Å². The van der Waals surface area contributed by atoms with Gasteiger partial charge in [0, 0.05) is 5.88 Å². The Labute approximate surface area is 120 Å². The molecule has 110 valence electrons. The average molecular weight is 320 g/mol. The number of rotatable bonds is 5. The summed E-state index contributed by atoms with van der Waals surface area (Å²) in [5.74, 6) is 0.415. The van der Waals surface area contributed by atoms with Gasteiger partial charge >= 0.3 is 5.69 Å². The summed E-state index contributed by atoms with van der Waals surface area (Å²) < 4.78 is 26.4. The SMILES string of the molecule is CCCS(=O)(=O)c1nc(C)n2c(=O)n(CCCl)nnc12. The number of hydrogen-bond acceptors (Lipinski definition) is 6. The molecule has 0 aliphatic heterocycles. The second-order valence-corrected chi connectivity index (χ2v) is 6.63. The molecule has 0 unspecified atom stereocenters. The Balaban J connectivity index is 2.74. The third-order valence-electron chi connectivity index (χ3n) is 2.71. The molecule has 0 saturated heterocycles. The van der Waals surface area contributed by atoms with Gasteiger partial charge in [0.2, 0.25) is 10.7 Å². The number of fused-ring (bicyclic) bond motifs is 1. The average Bonchev–Trinajstić information content (AvgIpc) is 2.72. The van der Waals surface area contributed by atoms with Crippen LogP contribution in [0.4, 0.5) is 0 Å². The zero-order valence-corrected chi connectivity index (χ0v) is 12.6. The van der Waals surface area contributed by atoms with Gasteiger partial charge in [-0.05, 0) is 13.3 Å². The first-order valence-electron chi connectivity index (χ1n) is 6.04. The highest BCUT2D eigenvalue weighted by Gasteiger charge is 2.24. The molecule has 10 heteroatoms. The smallest absolute Gasteiger partial charge is 0.245 e. The van der Waals surface area contributed by atoms with Gasteiger partial charge in [-0.1, -0.05) is 12.1 Å². The molecule has 20 heavy (non-hydrogen) atoms. The maximum absolute atomic E-state index is 12.2. The number of alkyl halides is 1. The van der Waals surface area contributed by atoms with Crippen molar-refractivity contribution in [1.82, 2.24) is 24.4 Å². The van der Waals surface area contributed by atoms with Crippen molar-refractivity contribution in [2.75, 3.05) is 11.6 Å². The second-order valence-electron chi connectivity index (χ2n) is 4.23. The van der Waals surface area contributed by atoms with Crippen LogP contribution in [0, 0.1) is 6.92 Å². The minimum Gasteiger partial charge on any atom is -0.245 e. The van der Waals surface area contributed by atoms with E-state index in [1.54, 1.807) is 13.8 Å². The van der Waals surface area contributed by atoms with Crippen LogP contribution in [0.1, 0.15) is 19.2 Å². The van der Waals surface area contributed by atoms with Crippen molar-refractivity contribution in [3.8, 4) is 0 Å². The first-order valence-corrected chi connectivity index (χ1v) is 8.22. The van der Waals surface area contributed by atoms with Gasteiger partial charge in [0.1, 0.15) is 5.82 Å². The zero-order valence-electron chi connectivity index (χ0n) is 11.1. The van der Waals surface area contributed by atoms with Crippen LogP contribution < -0.4 is 5.69 Å². The maximum Gasteiger partial charge on any atom is 0.353 e. The van der Waals surface area contributed by atoms with Crippen LogP contribution in [-0.2, 0) is 16.4 Å². The van der Waals surface area contributed by atoms with E-state index in [2.05, 4.69) is 15.3 Å². The molecule has 0 spiro atoms. The lowest BCUT2D eigenvalue weighted by Crippen LogP contribution is -2.31. The Morgan fingerprint density at radius 2 is 2.05 bits per heavy atom. The second kappa shape index (κ2) is 5.49. The Hall–Kier alpha value is -1.48. The van der Waals surface area contributed by atoms with Gasteiger partial charge in [-0.25, -0.2) is 22.6 Å². The van der Waals surface area contributed by atoms with E-state index in [0.29, 0.717) is 6.42 Å². The van der Waals surface area contributed by atoms with Gasteiger partial charge in [0.15, 0.2) is 9.84 Å². The summed E-state index contributed by atoms with van der Waals surface area (Å²) in [5, 5.41) is 7.30. The molecule has 0 aliphatic rings. The summed E-state index contributed by atoms with van der Waals surface area (Å²) in [6.07, 6.45) is 0.455. The number of imidazole rings is 1. The van der Waals surface area contributed by atoms with Crippen molar-refractivity contribution in [3.63, 3.8) is 0 Å².